The van der Waals surface area contributed by atoms with Gasteiger partial charge in [-0.2, -0.15) is 5.26 Å². The lowest BCUT2D eigenvalue weighted by Gasteiger charge is -2.30. The molecule has 1 aliphatic heterocycles. The molecule has 4 rings (SSSR count). The van der Waals surface area contributed by atoms with Gasteiger partial charge in [0.1, 0.15) is 0 Å². The first kappa shape index (κ1) is 29.2. The molecule has 208 valence electrons. The molecule has 9 heteroatoms. The minimum atomic E-state index is -0.642. The van der Waals surface area contributed by atoms with Crippen LogP contribution >= 0.6 is 11.8 Å². The second-order valence-electron chi connectivity index (χ2n) is 9.16. The standard InChI is InChI=1S/C32H30N4O4S/c1-3-40-32(39)24-14-16-25(17-15-24)36-30(38)28-21(2)35-31(26(18-33)29(28)23-12-8-5-9-13-23)41-20-27(37)34-19-22-10-6-4-7-11-22/h4-17,29,35H,3,19-20H2,1-2H3,(H,34,37)(H,36,38). The van der Waals surface area contributed by atoms with Gasteiger partial charge in [-0.1, -0.05) is 72.4 Å². The molecule has 3 aromatic rings. The summed E-state index contributed by atoms with van der Waals surface area (Å²) in [6, 6.07) is 27.7. The van der Waals surface area contributed by atoms with E-state index in [9.17, 15) is 19.6 Å². The number of rotatable bonds is 10. The van der Waals surface area contributed by atoms with E-state index >= 15 is 0 Å². The van der Waals surface area contributed by atoms with Crippen LogP contribution in [0.2, 0.25) is 0 Å². The maximum absolute atomic E-state index is 13.6. The number of nitrogens with zero attached hydrogens (tertiary/aromatic N) is 1. The molecule has 1 atom stereocenters. The van der Waals surface area contributed by atoms with Gasteiger partial charge in [0.2, 0.25) is 5.91 Å². The Bertz CT molecular complexity index is 1510. The van der Waals surface area contributed by atoms with Gasteiger partial charge in [0, 0.05) is 23.5 Å². The number of hydrogen-bond acceptors (Lipinski definition) is 7. The zero-order valence-electron chi connectivity index (χ0n) is 22.8. The Morgan fingerprint density at radius 2 is 1.63 bits per heavy atom. The van der Waals surface area contributed by atoms with Crippen molar-refractivity contribution in [2.75, 3.05) is 17.7 Å². The number of ether oxygens (including phenoxy) is 1. The lowest BCUT2D eigenvalue weighted by molar-refractivity contribution is -0.118. The number of nitriles is 1. The first-order valence-corrected chi connectivity index (χ1v) is 14.1. The van der Waals surface area contributed by atoms with Crippen molar-refractivity contribution >= 4 is 35.2 Å². The predicted molar refractivity (Wildman–Crippen MR) is 159 cm³/mol. The zero-order chi connectivity index (χ0) is 29.2. The number of benzene rings is 3. The molecule has 0 spiro atoms. The number of hydrogen-bond donors (Lipinski definition) is 3. The molecule has 0 saturated carbocycles. The van der Waals surface area contributed by atoms with Gasteiger partial charge in [0.05, 0.1) is 40.5 Å². The lowest BCUT2D eigenvalue weighted by atomic mass is 9.82. The van der Waals surface area contributed by atoms with Gasteiger partial charge in [0.25, 0.3) is 5.91 Å². The summed E-state index contributed by atoms with van der Waals surface area (Å²) in [5.41, 5.74) is 3.96. The third kappa shape index (κ3) is 7.44. The molecule has 0 aromatic heterocycles. The van der Waals surface area contributed by atoms with Gasteiger partial charge in [-0.3, -0.25) is 9.59 Å². The normalized spacial score (nSPS) is 14.5. The van der Waals surface area contributed by atoms with Crippen LogP contribution in [0.25, 0.3) is 0 Å². The van der Waals surface area contributed by atoms with Crippen molar-refractivity contribution in [3.63, 3.8) is 0 Å². The maximum atomic E-state index is 13.6. The number of amides is 2. The van der Waals surface area contributed by atoms with E-state index in [2.05, 4.69) is 22.0 Å². The van der Waals surface area contributed by atoms with Crippen molar-refractivity contribution in [1.82, 2.24) is 10.6 Å². The van der Waals surface area contributed by atoms with E-state index < -0.39 is 11.9 Å². The largest absolute Gasteiger partial charge is 0.462 e. The number of anilines is 1. The molecule has 1 aliphatic rings. The lowest BCUT2D eigenvalue weighted by Crippen LogP contribution is -2.31. The average Bonchev–Trinajstić information content (AvgIpc) is 3.00. The molecular weight excluding hydrogens is 536 g/mol. The third-order valence-electron chi connectivity index (χ3n) is 6.36. The smallest absolute Gasteiger partial charge is 0.338 e. The Hall–Kier alpha value is -4.81. The zero-order valence-corrected chi connectivity index (χ0v) is 23.6. The van der Waals surface area contributed by atoms with E-state index in [4.69, 9.17) is 4.74 Å². The molecule has 3 aromatic carbocycles. The summed E-state index contributed by atoms with van der Waals surface area (Å²) in [4.78, 5) is 38.2. The number of nitrogens with one attached hydrogen (secondary N) is 3. The van der Waals surface area contributed by atoms with Crippen molar-refractivity contribution in [2.24, 2.45) is 0 Å². The summed E-state index contributed by atoms with van der Waals surface area (Å²) < 4.78 is 5.02. The van der Waals surface area contributed by atoms with Crippen LogP contribution in [0.4, 0.5) is 5.69 Å². The van der Waals surface area contributed by atoms with Gasteiger partial charge in [-0.15, -0.1) is 0 Å². The fourth-order valence-corrected chi connectivity index (χ4v) is 5.32. The first-order chi connectivity index (χ1) is 19.9. The second kappa shape index (κ2) is 14.0. The number of esters is 1. The van der Waals surface area contributed by atoms with Crippen LogP contribution in [-0.2, 0) is 20.9 Å². The first-order valence-electron chi connectivity index (χ1n) is 13.1. The molecule has 8 nitrogen and oxygen atoms in total. The summed E-state index contributed by atoms with van der Waals surface area (Å²) >= 11 is 1.23. The highest BCUT2D eigenvalue weighted by atomic mass is 32.2. The number of thioether (sulfide) groups is 1. The Kier molecular flexibility index (Phi) is 9.97. The van der Waals surface area contributed by atoms with Crippen molar-refractivity contribution < 1.29 is 19.1 Å². The number of carbonyl (C=O) groups is 3. The molecule has 0 radical (unpaired) electrons. The monoisotopic (exact) mass is 566 g/mol. The molecule has 2 amide bonds. The SMILES string of the molecule is CCOC(=O)c1ccc(NC(=O)C2=C(C)NC(SCC(=O)NCc3ccccc3)=C(C#N)C2c2ccccc2)cc1. The quantitative estimate of drug-likeness (QED) is 0.287. The molecule has 0 bridgehead atoms. The van der Waals surface area contributed by atoms with Crippen LogP contribution in [-0.4, -0.2) is 30.1 Å². The van der Waals surface area contributed by atoms with Gasteiger partial charge in [-0.25, -0.2) is 4.79 Å². The van der Waals surface area contributed by atoms with Crippen LogP contribution < -0.4 is 16.0 Å². The van der Waals surface area contributed by atoms with Gasteiger partial charge < -0.3 is 20.7 Å². The summed E-state index contributed by atoms with van der Waals surface area (Å²) in [5, 5.41) is 19.8. The number of dihydropyridines is 1. The topological polar surface area (TPSA) is 120 Å². The molecule has 0 fully saturated rings. The van der Waals surface area contributed by atoms with Crippen LogP contribution in [0.1, 0.15) is 41.3 Å². The van der Waals surface area contributed by atoms with Crippen LogP contribution in [0.3, 0.4) is 0 Å². The molecule has 1 unspecified atom stereocenters. The van der Waals surface area contributed by atoms with E-state index in [0.717, 1.165) is 11.1 Å². The predicted octanol–water partition coefficient (Wildman–Crippen LogP) is 5.25. The Balaban J connectivity index is 1.54. The van der Waals surface area contributed by atoms with Gasteiger partial charge in [0.15, 0.2) is 0 Å². The fourth-order valence-electron chi connectivity index (χ4n) is 4.39. The molecular formula is C32H30N4O4S. The van der Waals surface area contributed by atoms with E-state index in [-0.39, 0.29) is 24.2 Å². The van der Waals surface area contributed by atoms with Gasteiger partial charge in [-0.05, 0) is 49.2 Å². The van der Waals surface area contributed by atoms with E-state index in [1.165, 1.54) is 11.8 Å². The average molecular weight is 567 g/mol. The minimum Gasteiger partial charge on any atom is -0.462 e. The highest BCUT2D eigenvalue weighted by Gasteiger charge is 2.34. The molecule has 0 aliphatic carbocycles. The van der Waals surface area contributed by atoms with E-state index in [1.54, 1.807) is 38.1 Å². The summed E-state index contributed by atoms with van der Waals surface area (Å²) in [7, 11) is 0. The van der Waals surface area contributed by atoms with Crippen LogP contribution in [0.15, 0.2) is 107 Å². The Labute approximate surface area is 243 Å². The fraction of sp³-hybridized carbons (Fsp3) is 0.188. The molecule has 0 saturated heterocycles. The second-order valence-corrected chi connectivity index (χ2v) is 10.2. The van der Waals surface area contributed by atoms with Crippen molar-refractivity contribution in [3.05, 3.63) is 123 Å². The number of allylic oxidation sites excluding steroid dienone is 2. The number of carbonyl (C=O) groups excluding carboxylic acids is 3. The third-order valence-corrected chi connectivity index (χ3v) is 7.38. The molecule has 1 heterocycles. The van der Waals surface area contributed by atoms with E-state index in [0.29, 0.717) is 39.7 Å². The van der Waals surface area contributed by atoms with Crippen molar-refractivity contribution in [3.8, 4) is 6.07 Å². The van der Waals surface area contributed by atoms with Crippen molar-refractivity contribution in [1.29, 1.82) is 5.26 Å². The van der Waals surface area contributed by atoms with Gasteiger partial charge >= 0.3 is 5.97 Å². The summed E-state index contributed by atoms with van der Waals surface area (Å²) in [5.74, 6) is -1.53. The highest BCUT2D eigenvalue weighted by molar-refractivity contribution is 8.03. The van der Waals surface area contributed by atoms with Crippen LogP contribution in [0, 0.1) is 11.3 Å². The summed E-state index contributed by atoms with van der Waals surface area (Å²) in [6.07, 6.45) is 0. The molecule has 41 heavy (non-hydrogen) atoms. The van der Waals surface area contributed by atoms with Crippen LogP contribution in [0.5, 0.6) is 0 Å². The van der Waals surface area contributed by atoms with Crippen molar-refractivity contribution in [2.45, 2.75) is 26.3 Å². The maximum Gasteiger partial charge on any atom is 0.338 e. The minimum absolute atomic E-state index is 0.101. The molecule has 3 N–H and O–H groups in total. The Morgan fingerprint density at radius 3 is 2.27 bits per heavy atom. The Morgan fingerprint density at radius 1 is 0.976 bits per heavy atom. The highest BCUT2D eigenvalue weighted by Crippen LogP contribution is 2.40. The van der Waals surface area contributed by atoms with E-state index in [1.807, 2.05) is 60.7 Å². The summed E-state index contributed by atoms with van der Waals surface area (Å²) in [6.45, 7) is 4.19.